The number of aromatic nitrogens is 4. The molecular weight excluding hydrogens is 288 g/mol. The van der Waals surface area contributed by atoms with E-state index in [0.29, 0.717) is 23.5 Å². The number of nitrogens with two attached hydrogens (primary N) is 2. The highest BCUT2D eigenvalue weighted by Crippen LogP contribution is 2.43. The number of ether oxygens (including phenoxy) is 3. The van der Waals surface area contributed by atoms with Crippen molar-refractivity contribution >= 4 is 17.0 Å². The van der Waals surface area contributed by atoms with Gasteiger partial charge in [0.25, 0.3) is 0 Å². The normalized spacial score (nSPS) is 33.4. The molecule has 2 aromatic rings. The summed E-state index contributed by atoms with van der Waals surface area (Å²) >= 11 is 0. The van der Waals surface area contributed by atoms with Gasteiger partial charge in [-0.25, -0.2) is 15.0 Å². The maximum Gasteiger partial charge on any atom is 0.167 e. The average Bonchev–Trinajstić information content (AvgIpc) is 3.10. The summed E-state index contributed by atoms with van der Waals surface area (Å²) in [5.41, 5.74) is 12.8. The molecule has 118 valence electrons. The van der Waals surface area contributed by atoms with Gasteiger partial charge in [-0.3, -0.25) is 4.57 Å². The third-order valence-corrected chi connectivity index (χ3v) is 4.02. The lowest BCUT2D eigenvalue weighted by Crippen LogP contribution is -2.34. The van der Waals surface area contributed by atoms with E-state index in [1.165, 1.54) is 6.33 Å². The van der Waals surface area contributed by atoms with Crippen molar-refractivity contribution in [1.29, 1.82) is 0 Å². The van der Waals surface area contributed by atoms with Gasteiger partial charge < -0.3 is 25.7 Å². The minimum atomic E-state index is -0.671. The van der Waals surface area contributed by atoms with Crippen molar-refractivity contribution < 1.29 is 14.2 Å². The lowest BCUT2D eigenvalue weighted by molar-refractivity contribution is -0.195. The first-order valence-corrected chi connectivity index (χ1v) is 7.14. The molecule has 2 aromatic heterocycles. The van der Waals surface area contributed by atoms with E-state index in [1.807, 2.05) is 13.8 Å². The Bertz CT molecular complexity index is 717. The Morgan fingerprint density at radius 2 is 2.00 bits per heavy atom. The second kappa shape index (κ2) is 4.59. The number of fused-ring (bicyclic) bond motifs is 2. The van der Waals surface area contributed by atoms with Crippen molar-refractivity contribution in [2.24, 2.45) is 5.73 Å². The molecule has 4 rings (SSSR count). The minimum absolute atomic E-state index is 0.221. The van der Waals surface area contributed by atoms with Crippen LogP contribution in [0.4, 0.5) is 5.82 Å². The van der Waals surface area contributed by atoms with Crippen molar-refractivity contribution in [2.75, 3.05) is 12.3 Å². The molecule has 22 heavy (non-hydrogen) atoms. The van der Waals surface area contributed by atoms with Crippen LogP contribution in [0.2, 0.25) is 0 Å². The molecule has 0 aliphatic carbocycles. The lowest BCUT2D eigenvalue weighted by atomic mass is 10.1. The fraction of sp³-hybridized carbons (Fsp3) is 0.615. The summed E-state index contributed by atoms with van der Waals surface area (Å²) in [4.78, 5) is 12.5. The molecule has 1 unspecified atom stereocenters. The molecule has 4 N–H and O–H groups in total. The molecule has 2 saturated heterocycles. The highest BCUT2D eigenvalue weighted by Gasteiger charge is 2.55. The first-order chi connectivity index (χ1) is 10.5. The van der Waals surface area contributed by atoms with Gasteiger partial charge in [-0.2, -0.15) is 0 Å². The van der Waals surface area contributed by atoms with Gasteiger partial charge in [-0.05, 0) is 13.8 Å². The smallest absolute Gasteiger partial charge is 0.167 e. The summed E-state index contributed by atoms with van der Waals surface area (Å²) < 4.78 is 19.7. The zero-order valence-corrected chi connectivity index (χ0v) is 12.3. The van der Waals surface area contributed by atoms with Crippen LogP contribution in [0.15, 0.2) is 12.7 Å². The van der Waals surface area contributed by atoms with Crippen LogP contribution in [0, 0.1) is 0 Å². The van der Waals surface area contributed by atoms with Gasteiger partial charge in [0.05, 0.1) is 6.33 Å². The van der Waals surface area contributed by atoms with Crippen molar-refractivity contribution in [2.45, 2.75) is 44.2 Å². The topological polar surface area (TPSA) is 123 Å². The van der Waals surface area contributed by atoms with Crippen LogP contribution in [-0.4, -0.2) is 50.2 Å². The third kappa shape index (κ3) is 1.90. The number of anilines is 1. The van der Waals surface area contributed by atoms with Gasteiger partial charge in [0, 0.05) is 6.54 Å². The van der Waals surface area contributed by atoms with Gasteiger partial charge in [-0.1, -0.05) is 0 Å². The van der Waals surface area contributed by atoms with Crippen molar-refractivity contribution in [3.8, 4) is 0 Å². The molecule has 2 fully saturated rings. The molecular formula is C13H18N6O3. The summed E-state index contributed by atoms with van der Waals surface area (Å²) in [5, 5.41) is 0. The molecule has 9 nitrogen and oxygen atoms in total. The molecule has 0 saturated carbocycles. The molecule has 0 aromatic carbocycles. The number of nitrogen functional groups attached to an aromatic ring is 1. The van der Waals surface area contributed by atoms with Gasteiger partial charge in [0.2, 0.25) is 0 Å². The zero-order chi connectivity index (χ0) is 15.5. The molecule has 4 atom stereocenters. The second-order valence-electron chi connectivity index (χ2n) is 5.95. The fourth-order valence-corrected chi connectivity index (χ4v) is 3.13. The van der Waals surface area contributed by atoms with E-state index in [2.05, 4.69) is 15.0 Å². The van der Waals surface area contributed by atoms with E-state index >= 15 is 0 Å². The molecule has 0 spiro atoms. The highest BCUT2D eigenvalue weighted by atomic mass is 16.8. The Morgan fingerprint density at radius 3 is 2.77 bits per heavy atom. The average molecular weight is 306 g/mol. The number of hydrogen-bond donors (Lipinski definition) is 2. The van der Waals surface area contributed by atoms with Crippen molar-refractivity contribution in [3.05, 3.63) is 12.7 Å². The van der Waals surface area contributed by atoms with Gasteiger partial charge in [0.1, 0.15) is 30.2 Å². The number of rotatable bonds is 2. The summed E-state index contributed by atoms with van der Waals surface area (Å²) in [6.45, 7) is 4.10. The van der Waals surface area contributed by atoms with E-state index < -0.39 is 12.0 Å². The maximum atomic E-state index is 6.01. The second-order valence-corrected chi connectivity index (χ2v) is 5.95. The SMILES string of the molecule is CC1(C)OC2[C@H](n3cnc4c(N)ncnc43)O[C@H](CN)[C@H]2O1. The number of imidazole rings is 1. The summed E-state index contributed by atoms with van der Waals surface area (Å²) in [6, 6.07) is 0. The Hall–Kier alpha value is -1.81. The monoisotopic (exact) mass is 306 g/mol. The Balaban J connectivity index is 1.77. The molecule has 9 heteroatoms. The zero-order valence-electron chi connectivity index (χ0n) is 12.3. The predicted octanol–water partition coefficient (Wildman–Crippen LogP) is -0.215. The molecule has 4 heterocycles. The maximum absolute atomic E-state index is 6.01. The van der Waals surface area contributed by atoms with Crippen LogP contribution in [0.5, 0.6) is 0 Å². The van der Waals surface area contributed by atoms with Gasteiger partial charge in [-0.15, -0.1) is 0 Å². The van der Waals surface area contributed by atoms with Crippen molar-refractivity contribution in [3.63, 3.8) is 0 Å². The van der Waals surface area contributed by atoms with Crippen LogP contribution in [0.25, 0.3) is 11.2 Å². The largest absolute Gasteiger partial charge is 0.382 e. The predicted molar refractivity (Wildman–Crippen MR) is 76.5 cm³/mol. The van der Waals surface area contributed by atoms with Gasteiger partial charge >= 0.3 is 0 Å². The summed E-state index contributed by atoms with van der Waals surface area (Å²) in [5.74, 6) is -0.340. The van der Waals surface area contributed by atoms with E-state index in [-0.39, 0.29) is 18.3 Å². The van der Waals surface area contributed by atoms with E-state index in [4.69, 9.17) is 25.7 Å². The van der Waals surface area contributed by atoms with Crippen LogP contribution in [0.1, 0.15) is 20.1 Å². The number of nitrogens with zero attached hydrogens (tertiary/aromatic N) is 4. The van der Waals surface area contributed by atoms with Gasteiger partial charge in [0.15, 0.2) is 23.5 Å². The molecule has 0 bridgehead atoms. The lowest BCUT2D eigenvalue weighted by Gasteiger charge is -2.24. The van der Waals surface area contributed by atoms with Crippen LogP contribution >= 0.6 is 0 Å². The van der Waals surface area contributed by atoms with Crippen LogP contribution < -0.4 is 11.5 Å². The Kier molecular flexibility index (Phi) is 2.89. The van der Waals surface area contributed by atoms with Crippen LogP contribution in [-0.2, 0) is 14.2 Å². The Labute approximate surface area is 126 Å². The quantitative estimate of drug-likeness (QED) is 0.781. The Morgan fingerprint density at radius 1 is 1.23 bits per heavy atom. The van der Waals surface area contributed by atoms with E-state index in [0.717, 1.165) is 0 Å². The van der Waals surface area contributed by atoms with Crippen molar-refractivity contribution in [1.82, 2.24) is 19.5 Å². The highest BCUT2D eigenvalue weighted by molar-refractivity contribution is 5.81. The minimum Gasteiger partial charge on any atom is -0.382 e. The molecule has 2 aliphatic rings. The standard InChI is InChI=1S/C13H18N6O3/c1-13(2)21-8-6(3-14)20-12(9(8)22-13)19-5-18-7-10(15)16-4-17-11(7)19/h4-6,8-9,12H,3,14H2,1-2H3,(H2,15,16,17)/t6-,8-,9?,12-/m1/s1. The van der Waals surface area contributed by atoms with E-state index in [9.17, 15) is 0 Å². The fourth-order valence-electron chi connectivity index (χ4n) is 3.13. The first kappa shape index (κ1) is 13.8. The number of hydrogen-bond acceptors (Lipinski definition) is 8. The summed E-state index contributed by atoms with van der Waals surface area (Å²) in [7, 11) is 0. The molecule has 0 radical (unpaired) electrons. The van der Waals surface area contributed by atoms with E-state index in [1.54, 1.807) is 10.9 Å². The molecule has 2 aliphatic heterocycles. The third-order valence-electron chi connectivity index (χ3n) is 4.02. The van der Waals surface area contributed by atoms with Crippen LogP contribution in [0.3, 0.4) is 0 Å². The molecule has 0 amide bonds. The first-order valence-electron chi connectivity index (χ1n) is 7.14. The summed E-state index contributed by atoms with van der Waals surface area (Å²) in [6.07, 6.45) is 1.87.